The van der Waals surface area contributed by atoms with Gasteiger partial charge < -0.3 is 74.4 Å². The number of aliphatic hydroxyl groups is 5. The molecule has 1 aromatic heterocycles. The Morgan fingerprint density at radius 3 is 1.91 bits per heavy atom. The molecule has 43 heavy (non-hydrogen) atoms. The Morgan fingerprint density at radius 2 is 1.28 bits per heavy atom. The summed E-state index contributed by atoms with van der Waals surface area (Å²) >= 11 is 0. The third-order valence-electron chi connectivity index (χ3n) is 7.37. The van der Waals surface area contributed by atoms with E-state index in [-0.39, 0.29) is 11.1 Å². The van der Waals surface area contributed by atoms with Gasteiger partial charge in [-0.15, -0.1) is 0 Å². The van der Waals surface area contributed by atoms with Gasteiger partial charge in [-0.25, -0.2) is 0 Å². The molecule has 0 aliphatic carbocycles. The molecule has 2 aliphatic heterocycles. The van der Waals surface area contributed by atoms with Gasteiger partial charge in [0.2, 0.25) is 17.5 Å². The van der Waals surface area contributed by atoms with E-state index in [4.69, 9.17) is 23.4 Å². The second kappa shape index (κ2) is 11.3. The van der Waals surface area contributed by atoms with Crippen LogP contribution < -0.4 is 10.2 Å². The van der Waals surface area contributed by atoms with Crippen LogP contribution in [0.15, 0.2) is 33.5 Å². The predicted octanol–water partition coefficient (Wildman–Crippen LogP) is -0.954. The molecule has 0 radical (unpaired) electrons. The van der Waals surface area contributed by atoms with Crippen molar-refractivity contribution in [1.82, 2.24) is 0 Å². The van der Waals surface area contributed by atoms with Crippen LogP contribution in [0.1, 0.15) is 13.8 Å². The molecule has 2 aromatic carbocycles. The second-order valence-electron chi connectivity index (χ2n) is 10.4. The Labute approximate surface area is 241 Å². The zero-order chi connectivity index (χ0) is 31.5. The van der Waals surface area contributed by atoms with E-state index in [0.29, 0.717) is 0 Å². The lowest BCUT2D eigenvalue weighted by molar-refractivity contribution is -0.352. The molecule has 2 fully saturated rings. The van der Waals surface area contributed by atoms with Crippen molar-refractivity contribution in [3.05, 3.63) is 34.5 Å². The molecular formula is C27H30O16. The van der Waals surface area contributed by atoms with Gasteiger partial charge in [0.05, 0.1) is 12.2 Å². The molecule has 0 spiro atoms. The maximum absolute atomic E-state index is 13.7. The average Bonchev–Trinajstić information content (AvgIpc) is 2.94. The quantitative estimate of drug-likeness (QED) is 0.156. The summed E-state index contributed by atoms with van der Waals surface area (Å²) in [6, 6.07) is 3.67. The third kappa shape index (κ3) is 5.39. The van der Waals surface area contributed by atoms with Gasteiger partial charge in [-0.2, -0.15) is 0 Å². The summed E-state index contributed by atoms with van der Waals surface area (Å²) in [5.74, 6) is -4.95. The lowest BCUT2D eigenvalue weighted by Gasteiger charge is -2.45. The van der Waals surface area contributed by atoms with Gasteiger partial charge in [0.25, 0.3) is 0 Å². The fraction of sp³-hybridized carbons (Fsp3) is 0.444. The van der Waals surface area contributed by atoms with Gasteiger partial charge in [0, 0.05) is 17.7 Å². The maximum Gasteiger partial charge on any atom is 0.239 e. The zero-order valence-electron chi connectivity index (χ0n) is 22.5. The molecule has 2 saturated heterocycles. The molecule has 3 aromatic rings. The number of aliphatic hydroxyl groups excluding tert-OH is 5. The minimum Gasteiger partial charge on any atom is -0.508 e. The number of phenols is 5. The average molecular weight is 611 g/mol. The van der Waals surface area contributed by atoms with E-state index in [1.54, 1.807) is 0 Å². The minimum atomic E-state index is -1.83. The molecule has 16 nitrogen and oxygen atoms in total. The molecule has 234 valence electrons. The third-order valence-corrected chi connectivity index (χ3v) is 7.37. The molecule has 0 saturated carbocycles. The molecule has 0 bridgehead atoms. The Morgan fingerprint density at radius 1 is 0.698 bits per heavy atom. The largest absolute Gasteiger partial charge is 0.508 e. The van der Waals surface area contributed by atoms with Gasteiger partial charge in [0.15, 0.2) is 35.4 Å². The van der Waals surface area contributed by atoms with Gasteiger partial charge in [-0.3, -0.25) is 4.79 Å². The van der Waals surface area contributed by atoms with E-state index in [9.17, 15) is 55.9 Å². The Balaban J connectivity index is 1.63. The van der Waals surface area contributed by atoms with Crippen molar-refractivity contribution < 1.29 is 74.4 Å². The van der Waals surface area contributed by atoms with E-state index in [2.05, 4.69) is 0 Å². The standard InChI is InChI=1S/C27H30O16/c1-7-16(32)20(36)22(38)26(39-7)43-25-21(37)17(33)8(2)40-27(25)42-24-19(35)15-11(29)5-10(28)6-14(15)41-23(24)9-3-12(30)18(34)13(31)4-9/h3-8,16-17,20-22,25-34,36-38H,1-2H3. The summed E-state index contributed by atoms with van der Waals surface area (Å²) in [5, 5.41) is 102. The summed E-state index contributed by atoms with van der Waals surface area (Å²) in [6.07, 6.45) is -15.8. The predicted molar refractivity (Wildman–Crippen MR) is 140 cm³/mol. The number of benzene rings is 2. The summed E-state index contributed by atoms with van der Waals surface area (Å²) < 4.78 is 28.4. The first-order valence-corrected chi connectivity index (χ1v) is 13.0. The number of ether oxygens (including phenoxy) is 4. The Hall–Kier alpha value is -3.87. The molecule has 0 amide bonds. The van der Waals surface area contributed by atoms with Crippen molar-refractivity contribution in [3.8, 4) is 45.8 Å². The highest BCUT2D eigenvalue weighted by atomic mass is 16.8. The van der Waals surface area contributed by atoms with Crippen LogP contribution in [0, 0.1) is 0 Å². The Kier molecular flexibility index (Phi) is 8.05. The number of hydrogen-bond donors (Lipinski definition) is 10. The lowest BCUT2D eigenvalue weighted by atomic mass is 9.98. The molecule has 10 N–H and O–H groups in total. The maximum atomic E-state index is 13.7. The van der Waals surface area contributed by atoms with Crippen LogP contribution in [-0.4, -0.2) is 112 Å². The topological polar surface area (TPSA) is 269 Å². The van der Waals surface area contributed by atoms with Crippen molar-refractivity contribution in [2.45, 2.75) is 75.3 Å². The van der Waals surface area contributed by atoms with E-state index in [0.717, 1.165) is 24.3 Å². The fourth-order valence-corrected chi connectivity index (χ4v) is 4.94. The van der Waals surface area contributed by atoms with Gasteiger partial charge in [-0.1, -0.05) is 0 Å². The van der Waals surface area contributed by atoms with E-state index >= 15 is 0 Å². The van der Waals surface area contributed by atoms with Crippen molar-refractivity contribution in [2.24, 2.45) is 0 Å². The van der Waals surface area contributed by atoms with Gasteiger partial charge >= 0.3 is 0 Å². The van der Waals surface area contributed by atoms with Crippen molar-refractivity contribution in [2.75, 3.05) is 0 Å². The smallest absolute Gasteiger partial charge is 0.239 e. The number of hydrogen-bond acceptors (Lipinski definition) is 16. The molecule has 5 rings (SSSR count). The van der Waals surface area contributed by atoms with Crippen LogP contribution in [0.5, 0.6) is 34.5 Å². The summed E-state index contributed by atoms with van der Waals surface area (Å²) in [6.45, 7) is 2.75. The number of aromatic hydroxyl groups is 5. The number of fused-ring (bicyclic) bond motifs is 1. The molecule has 16 heteroatoms. The molecule has 10 atom stereocenters. The number of rotatable bonds is 5. The first kappa shape index (κ1) is 30.6. The second-order valence-corrected chi connectivity index (χ2v) is 10.4. The van der Waals surface area contributed by atoms with E-state index in [1.165, 1.54) is 13.8 Å². The summed E-state index contributed by atoms with van der Waals surface area (Å²) in [5.41, 5.74) is -1.64. The van der Waals surface area contributed by atoms with Gasteiger partial charge in [0.1, 0.15) is 53.0 Å². The molecular weight excluding hydrogens is 580 g/mol. The Bertz CT molecular complexity index is 1550. The van der Waals surface area contributed by atoms with Crippen LogP contribution in [0.2, 0.25) is 0 Å². The van der Waals surface area contributed by atoms with Crippen molar-refractivity contribution >= 4 is 11.0 Å². The van der Waals surface area contributed by atoms with E-state index in [1.807, 2.05) is 0 Å². The van der Waals surface area contributed by atoms with Crippen LogP contribution >= 0.6 is 0 Å². The van der Waals surface area contributed by atoms with Gasteiger partial charge in [-0.05, 0) is 26.0 Å². The van der Waals surface area contributed by atoms with Crippen LogP contribution in [-0.2, 0) is 14.2 Å². The summed E-state index contributed by atoms with van der Waals surface area (Å²) in [4.78, 5) is 13.7. The molecule has 3 heterocycles. The highest BCUT2D eigenvalue weighted by Crippen LogP contribution is 2.43. The highest BCUT2D eigenvalue weighted by Gasteiger charge is 2.50. The first-order valence-electron chi connectivity index (χ1n) is 13.0. The molecule has 2 aliphatic rings. The van der Waals surface area contributed by atoms with E-state index < -0.39 is 112 Å². The fourth-order valence-electron chi connectivity index (χ4n) is 4.94. The van der Waals surface area contributed by atoms with Crippen LogP contribution in [0.3, 0.4) is 0 Å². The first-order chi connectivity index (χ1) is 20.2. The van der Waals surface area contributed by atoms with Crippen LogP contribution in [0.4, 0.5) is 0 Å². The SMILES string of the molecule is CC1OC(OC2C(Oc3c(-c4cc(O)c(O)c(O)c4)oc4cc(O)cc(O)c4c3=O)OC(C)C(O)C2O)C(O)C(O)C1O. The molecule has 10 unspecified atom stereocenters. The minimum absolute atomic E-state index is 0.233. The van der Waals surface area contributed by atoms with Crippen LogP contribution in [0.25, 0.3) is 22.3 Å². The highest BCUT2D eigenvalue weighted by molar-refractivity contribution is 5.88. The van der Waals surface area contributed by atoms with Crippen molar-refractivity contribution in [1.29, 1.82) is 0 Å². The lowest BCUT2D eigenvalue weighted by Crippen LogP contribution is -2.63. The van der Waals surface area contributed by atoms with Crippen molar-refractivity contribution in [3.63, 3.8) is 0 Å². The monoisotopic (exact) mass is 610 g/mol. The summed E-state index contributed by atoms with van der Waals surface area (Å²) in [7, 11) is 0. The normalized spacial score (nSPS) is 33.0. The number of phenolic OH excluding ortho intramolecular Hbond substituents is 5. The zero-order valence-corrected chi connectivity index (χ0v) is 22.5.